The Morgan fingerprint density at radius 2 is 1.45 bits per heavy atom. The lowest BCUT2D eigenvalue weighted by Gasteiger charge is -2.23. The highest BCUT2D eigenvalue weighted by molar-refractivity contribution is 5.79. The lowest BCUT2D eigenvalue weighted by Crippen LogP contribution is -2.29. The standard InChI is InChI=1S/C25H24N2O2/c1-17(2)29-21-14-15-23-22(16-21)25(28)27(18(3)26-23)24(19-10-6-4-7-11-19)20-12-8-5-9-13-20/h4-17,24H,1-3H3. The summed E-state index contributed by atoms with van der Waals surface area (Å²) in [6, 6.07) is 25.4. The second-order valence-corrected chi connectivity index (χ2v) is 7.40. The zero-order valence-corrected chi connectivity index (χ0v) is 16.9. The van der Waals surface area contributed by atoms with Crippen LogP contribution < -0.4 is 10.3 Å². The summed E-state index contributed by atoms with van der Waals surface area (Å²) in [6.45, 7) is 5.83. The van der Waals surface area contributed by atoms with Gasteiger partial charge < -0.3 is 4.74 Å². The molecule has 29 heavy (non-hydrogen) atoms. The number of benzene rings is 3. The number of aromatic nitrogens is 2. The van der Waals surface area contributed by atoms with E-state index < -0.39 is 0 Å². The predicted octanol–water partition coefficient (Wildman–Crippen LogP) is 5.13. The zero-order valence-electron chi connectivity index (χ0n) is 16.9. The van der Waals surface area contributed by atoms with Crippen molar-refractivity contribution in [1.29, 1.82) is 0 Å². The van der Waals surface area contributed by atoms with Crippen LogP contribution in [-0.4, -0.2) is 15.7 Å². The number of fused-ring (bicyclic) bond motifs is 1. The molecule has 0 saturated heterocycles. The molecule has 4 heteroatoms. The zero-order chi connectivity index (χ0) is 20.4. The van der Waals surface area contributed by atoms with Gasteiger partial charge in [-0.3, -0.25) is 9.36 Å². The van der Waals surface area contributed by atoms with Crippen LogP contribution in [0.3, 0.4) is 0 Å². The minimum absolute atomic E-state index is 0.0365. The molecule has 3 aromatic carbocycles. The summed E-state index contributed by atoms with van der Waals surface area (Å²) < 4.78 is 7.59. The molecule has 0 amide bonds. The van der Waals surface area contributed by atoms with E-state index in [1.165, 1.54) is 0 Å². The molecule has 0 unspecified atom stereocenters. The molecule has 1 aromatic heterocycles. The van der Waals surface area contributed by atoms with Crippen molar-refractivity contribution in [2.75, 3.05) is 0 Å². The van der Waals surface area contributed by atoms with E-state index in [2.05, 4.69) is 0 Å². The van der Waals surface area contributed by atoms with Crippen LogP contribution in [0, 0.1) is 6.92 Å². The van der Waals surface area contributed by atoms with E-state index in [9.17, 15) is 4.79 Å². The van der Waals surface area contributed by atoms with Gasteiger partial charge in [-0.25, -0.2) is 4.98 Å². The fourth-order valence-electron chi connectivity index (χ4n) is 3.70. The first-order valence-corrected chi connectivity index (χ1v) is 9.84. The molecule has 1 heterocycles. The summed E-state index contributed by atoms with van der Waals surface area (Å²) in [7, 11) is 0. The van der Waals surface area contributed by atoms with Crippen LogP contribution in [0.15, 0.2) is 83.7 Å². The molecule has 0 spiro atoms. The summed E-state index contributed by atoms with van der Waals surface area (Å²) in [5.74, 6) is 1.36. The topological polar surface area (TPSA) is 44.1 Å². The van der Waals surface area contributed by atoms with Gasteiger partial charge >= 0.3 is 0 Å². The first kappa shape index (κ1) is 18.9. The van der Waals surface area contributed by atoms with Crippen LogP contribution in [0.4, 0.5) is 0 Å². The maximum absolute atomic E-state index is 13.6. The minimum atomic E-state index is -0.253. The van der Waals surface area contributed by atoms with Crippen molar-refractivity contribution in [1.82, 2.24) is 9.55 Å². The molecular weight excluding hydrogens is 360 g/mol. The third-order valence-electron chi connectivity index (χ3n) is 4.91. The lowest BCUT2D eigenvalue weighted by molar-refractivity contribution is 0.242. The third kappa shape index (κ3) is 3.79. The highest BCUT2D eigenvalue weighted by Gasteiger charge is 2.21. The number of rotatable bonds is 5. The van der Waals surface area contributed by atoms with Crippen molar-refractivity contribution in [3.8, 4) is 5.75 Å². The van der Waals surface area contributed by atoms with Gasteiger partial charge in [-0.15, -0.1) is 0 Å². The van der Waals surface area contributed by atoms with Gasteiger partial charge in [-0.1, -0.05) is 60.7 Å². The van der Waals surface area contributed by atoms with Crippen molar-refractivity contribution >= 4 is 10.9 Å². The van der Waals surface area contributed by atoms with E-state index >= 15 is 0 Å². The van der Waals surface area contributed by atoms with Crippen LogP contribution in [0.1, 0.15) is 36.8 Å². The van der Waals surface area contributed by atoms with Crippen LogP contribution in [0.25, 0.3) is 10.9 Å². The van der Waals surface area contributed by atoms with Gasteiger partial charge in [-0.05, 0) is 50.1 Å². The molecule has 4 rings (SSSR count). The SMILES string of the molecule is Cc1nc2ccc(OC(C)C)cc2c(=O)n1C(c1ccccc1)c1ccccc1. The molecule has 0 aliphatic carbocycles. The predicted molar refractivity (Wildman–Crippen MR) is 117 cm³/mol. The molecule has 0 radical (unpaired) electrons. The molecule has 0 aliphatic heterocycles. The summed E-state index contributed by atoms with van der Waals surface area (Å²) in [5.41, 5.74) is 2.69. The second-order valence-electron chi connectivity index (χ2n) is 7.40. The average molecular weight is 384 g/mol. The molecule has 0 N–H and O–H groups in total. The summed E-state index contributed by atoms with van der Waals surface area (Å²) >= 11 is 0. The Labute approximate surface area is 170 Å². The Morgan fingerprint density at radius 3 is 2.00 bits per heavy atom. The van der Waals surface area contributed by atoms with Crippen molar-refractivity contribution in [2.45, 2.75) is 32.9 Å². The monoisotopic (exact) mass is 384 g/mol. The van der Waals surface area contributed by atoms with Gasteiger partial charge in [0.25, 0.3) is 5.56 Å². The molecule has 0 fully saturated rings. The first-order chi connectivity index (χ1) is 14.0. The van der Waals surface area contributed by atoms with Crippen LogP contribution in [0.5, 0.6) is 5.75 Å². The van der Waals surface area contributed by atoms with Crippen LogP contribution in [-0.2, 0) is 0 Å². The summed E-state index contributed by atoms with van der Waals surface area (Å²) in [4.78, 5) is 18.4. The molecule has 4 nitrogen and oxygen atoms in total. The highest BCUT2D eigenvalue weighted by Crippen LogP contribution is 2.27. The number of hydrogen-bond acceptors (Lipinski definition) is 3. The second kappa shape index (κ2) is 7.92. The highest BCUT2D eigenvalue weighted by atomic mass is 16.5. The van der Waals surface area contributed by atoms with E-state index in [1.807, 2.05) is 93.6 Å². The lowest BCUT2D eigenvalue weighted by atomic mass is 9.98. The van der Waals surface area contributed by atoms with Crippen molar-refractivity contribution in [2.24, 2.45) is 0 Å². The normalized spacial score (nSPS) is 11.3. The summed E-state index contributed by atoms with van der Waals surface area (Å²) in [6.07, 6.45) is 0.0365. The largest absolute Gasteiger partial charge is 0.491 e. The van der Waals surface area contributed by atoms with Gasteiger partial charge in [0.05, 0.1) is 23.0 Å². The van der Waals surface area contributed by atoms with Crippen LogP contribution >= 0.6 is 0 Å². The Hall–Kier alpha value is -3.40. The fourth-order valence-corrected chi connectivity index (χ4v) is 3.70. The molecule has 0 atom stereocenters. The van der Waals surface area contributed by atoms with Gasteiger partial charge in [-0.2, -0.15) is 0 Å². The number of ether oxygens (including phenoxy) is 1. The fraction of sp³-hybridized carbons (Fsp3) is 0.200. The molecule has 0 aliphatic rings. The van der Waals surface area contributed by atoms with E-state index in [0.717, 1.165) is 11.1 Å². The minimum Gasteiger partial charge on any atom is -0.491 e. The molecule has 4 aromatic rings. The van der Waals surface area contributed by atoms with Gasteiger partial charge in [0.1, 0.15) is 11.6 Å². The summed E-state index contributed by atoms with van der Waals surface area (Å²) in [5, 5.41) is 0.561. The van der Waals surface area contributed by atoms with E-state index in [-0.39, 0.29) is 17.7 Å². The Bertz CT molecular complexity index is 1140. The molecule has 0 saturated carbocycles. The van der Waals surface area contributed by atoms with Crippen molar-refractivity contribution in [3.63, 3.8) is 0 Å². The maximum Gasteiger partial charge on any atom is 0.262 e. The van der Waals surface area contributed by atoms with Gasteiger partial charge in [0.2, 0.25) is 0 Å². The number of aryl methyl sites for hydroxylation is 1. The molecule has 0 bridgehead atoms. The van der Waals surface area contributed by atoms with Crippen molar-refractivity contribution in [3.05, 3.63) is 106 Å². The van der Waals surface area contributed by atoms with Crippen molar-refractivity contribution < 1.29 is 4.74 Å². The Balaban J connectivity index is 1.97. The quantitative estimate of drug-likeness (QED) is 0.479. The first-order valence-electron chi connectivity index (χ1n) is 9.84. The number of hydrogen-bond donors (Lipinski definition) is 0. The molecular formula is C25H24N2O2. The van der Waals surface area contributed by atoms with E-state index in [4.69, 9.17) is 9.72 Å². The van der Waals surface area contributed by atoms with Gasteiger partial charge in [0.15, 0.2) is 0 Å². The van der Waals surface area contributed by atoms with Crippen LogP contribution in [0.2, 0.25) is 0 Å². The number of nitrogens with zero attached hydrogens (tertiary/aromatic N) is 2. The average Bonchev–Trinajstić information content (AvgIpc) is 2.72. The van der Waals surface area contributed by atoms with E-state index in [0.29, 0.717) is 22.5 Å². The maximum atomic E-state index is 13.6. The smallest absolute Gasteiger partial charge is 0.262 e. The Kier molecular flexibility index (Phi) is 5.17. The Morgan fingerprint density at radius 1 is 0.862 bits per heavy atom. The van der Waals surface area contributed by atoms with E-state index in [1.54, 1.807) is 10.6 Å². The molecule has 146 valence electrons. The third-order valence-corrected chi connectivity index (χ3v) is 4.91. The van der Waals surface area contributed by atoms with Gasteiger partial charge in [0, 0.05) is 0 Å².